The Morgan fingerprint density at radius 2 is 1.55 bits per heavy atom. The summed E-state index contributed by atoms with van der Waals surface area (Å²) in [4.78, 5) is 58.2. The van der Waals surface area contributed by atoms with Crippen LogP contribution in [0.1, 0.15) is 145 Å². The van der Waals surface area contributed by atoms with E-state index in [-0.39, 0.29) is 54.6 Å². The number of hydrogen-bond donors (Lipinski definition) is 1. The standard InChI is InChI=1S/C48H79NO11/c1-11-22-57-39-20-18-35(29-40(39)58-23-12-2)27-33(7)43-32(6)17-19-38(50)36(13-3)25-30(4)24-31(5)26-41(55-9)44-42(56-10)28-34(8)48(54,60-44)45(51)46(52)49-21-15-14-16-37(49)47(53)59-43/h25,27,31-32,34-37,39-44,54H,11-24,26,28-29H2,1-10H3. The van der Waals surface area contributed by atoms with Crippen molar-refractivity contribution < 1.29 is 52.7 Å². The number of fused-ring (bicyclic) bond motifs is 3. The first-order valence-corrected chi connectivity index (χ1v) is 23.2. The second-order valence-electron chi connectivity index (χ2n) is 18.5. The minimum absolute atomic E-state index is 0.0356. The molecule has 1 N–H and O–H groups in total. The molecule has 12 heteroatoms. The molecule has 0 radical (unpaired) electrons. The lowest BCUT2D eigenvalue weighted by Gasteiger charge is -2.47. The number of esters is 1. The fourth-order valence-electron chi connectivity index (χ4n) is 10.0. The number of allylic oxidation sites excluding steroid dienone is 3. The molecule has 3 heterocycles. The summed E-state index contributed by atoms with van der Waals surface area (Å²) in [5, 5.41) is 12.1. The number of carbonyl (C=O) groups is 4. The molecular weight excluding hydrogens is 767 g/mol. The van der Waals surface area contributed by atoms with E-state index in [0.29, 0.717) is 64.6 Å². The van der Waals surface area contributed by atoms with Gasteiger partial charge in [0.1, 0.15) is 24.0 Å². The summed E-state index contributed by atoms with van der Waals surface area (Å²) in [5.74, 6) is -5.95. The maximum absolute atomic E-state index is 14.4. The van der Waals surface area contributed by atoms with Crippen LogP contribution in [-0.2, 0) is 47.6 Å². The lowest BCUT2D eigenvalue weighted by Crippen LogP contribution is -2.64. The van der Waals surface area contributed by atoms with Crippen molar-refractivity contribution in [2.24, 2.45) is 29.6 Å². The number of amides is 1. The fourth-order valence-corrected chi connectivity index (χ4v) is 10.0. The van der Waals surface area contributed by atoms with Crippen LogP contribution >= 0.6 is 0 Å². The predicted molar refractivity (Wildman–Crippen MR) is 230 cm³/mol. The van der Waals surface area contributed by atoms with Gasteiger partial charge in [-0.05, 0) is 121 Å². The first kappa shape index (κ1) is 50.2. The van der Waals surface area contributed by atoms with Crippen molar-refractivity contribution >= 4 is 23.4 Å². The van der Waals surface area contributed by atoms with Gasteiger partial charge in [-0.25, -0.2) is 4.79 Å². The zero-order valence-corrected chi connectivity index (χ0v) is 38.6. The molecule has 1 saturated carbocycles. The zero-order chi connectivity index (χ0) is 44.1. The van der Waals surface area contributed by atoms with Gasteiger partial charge in [-0.1, -0.05) is 59.3 Å². The summed E-state index contributed by atoms with van der Waals surface area (Å²) in [7, 11) is 3.12. The SMILES string of the molecule is CCCOC1CCC(C=C(C)C2OC(=O)C3CCCCN3C(=O)C(=O)C3(O)OC(C(OC)CC(C)CC(C)=CC(CC)C(=O)CCC2C)C(OC)CC3C)CC1OCCC. The highest BCUT2D eigenvalue weighted by Crippen LogP contribution is 2.39. The molecule has 0 spiro atoms. The van der Waals surface area contributed by atoms with E-state index in [9.17, 15) is 24.3 Å². The number of aliphatic hydroxyl groups is 1. The van der Waals surface area contributed by atoms with Gasteiger partial charge in [0.15, 0.2) is 0 Å². The van der Waals surface area contributed by atoms with Crippen molar-refractivity contribution in [2.45, 2.75) is 194 Å². The van der Waals surface area contributed by atoms with Crippen LogP contribution in [0, 0.1) is 29.6 Å². The highest BCUT2D eigenvalue weighted by Gasteiger charge is 2.56. The van der Waals surface area contributed by atoms with Crippen molar-refractivity contribution in [3.8, 4) is 0 Å². The number of carbonyl (C=O) groups excluding carboxylic acids is 4. The zero-order valence-electron chi connectivity index (χ0n) is 38.6. The van der Waals surface area contributed by atoms with Crippen LogP contribution in [0.2, 0.25) is 0 Å². The fraction of sp³-hybridized carbons (Fsp3) is 0.833. The summed E-state index contributed by atoms with van der Waals surface area (Å²) < 4.78 is 37.1. The molecule has 13 unspecified atom stereocenters. The maximum atomic E-state index is 14.4. The highest BCUT2D eigenvalue weighted by molar-refractivity contribution is 6.39. The van der Waals surface area contributed by atoms with E-state index < -0.39 is 59.8 Å². The van der Waals surface area contributed by atoms with Gasteiger partial charge in [-0.15, -0.1) is 0 Å². The monoisotopic (exact) mass is 846 g/mol. The quantitative estimate of drug-likeness (QED) is 0.124. The molecule has 2 saturated heterocycles. The summed E-state index contributed by atoms with van der Waals surface area (Å²) in [6.45, 7) is 17.6. The number of methoxy groups -OCH3 is 2. The number of hydrogen-bond acceptors (Lipinski definition) is 11. The number of piperidine rings is 1. The maximum Gasteiger partial charge on any atom is 0.329 e. The third-order valence-corrected chi connectivity index (χ3v) is 13.5. The summed E-state index contributed by atoms with van der Waals surface area (Å²) in [6, 6.07) is -1.03. The Morgan fingerprint density at radius 3 is 2.20 bits per heavy atom. The molecule has 4 rings (SSSR count). The Morgan fingerprint density at radius 1 is 0.883 bits per heavy atom. The van der Waals surface area contributed by atoms with E-state index in [1.54, 1.807) is 21.1 Å². The Labute approximate surface area is 360 Å². The van der Waals surface area contributed by atoms with Crippen molar-refractivity contribution in [1.82, 2.24) is 4.90 Å². The molecule has 2 bridgehead atoms. The summed E-state index contributed by atoms with van der Waals surface area (Å²) in [5.41, 5.74) is 1.98. The van der Waals surface area contributed by atoms with E-state index in [0.717, 1.165) is 43.3 Å². The van der Waals surface area contributed by atoms with Gasteiger partial charge < -0.3 is 38.4 Å². The number of nitrogens with zero attached hydrogens (tertiary/aromatic N) is 1. The van der Waals surface area contributed by atoms with Gasteiger partial charge in [0.05, 0.1) is 24.4 Å². The van der Waals surface area contributed by atoms with Crippen LogP contribution in [0.15, 0.2) is 23.3 Å². The van der Waals surface area contributed by atoms with Crippen LogP contribution in [0.25, 0.3) is 0 Å². The lowest BCUT2D eigenvalue weighted by molar-refractivity contribution is -0.302. The van der Waals surface area contributed by atoms with Crippen molar-refractivity contribution in [3.63, 3.8) is 0 Å². The molecule has 12 nitrogen and oxygen atoms in total. The molecule has 0 aromatic heterocycles. The largest absolute Gasteiger partial charge is 0.456 e. The van der Waals surface area contributed by atoms with Crippen LogP contribution in [-0.4, -0.2) is 116 Å². The van der Waals surface area contributed by atoms with Gasteiger partial charge in [0, 0.05) is 52.2 Å². The van der Waals surface area contributed by atoms with Crippen LogP contribution in [0.4, 0.5) is 0 Å². The number of rotatable bonds is 11. The van der Waals surface area contributed by atoms with Crippen LogP contribution in [0.3, 0.4) is 0 Å². The molecule has 3 fully saturated rings. The predicted octanol–water partition coefficient (Wildman–Crippen LogP) is 7.72. The van der Waals surface area contributed by atoms with Crippen LogP contribution in [0.5, 0.6) is 0 Å². The molecule has 1 aliphatic carbocycles. The lowest BCUT2D eigenvalue weighted by atomic mass is 9.82. The Hall–Kier alpha value is -2.48. The van der Waals surface area contributed by atoms with Crippen molar-refractivity contribution in [1.29, 1.82) is 0 Å². The molecule has 13 atom stereocenters. The third kappa shape index (κ3) is 12.8. The molecule has 1 amide bonds. The topological polar surface area (TPSA) is 147 Å². The average Bonchev–Trinajstić information content (AvgIpc) is 3.24. The molecular formula is C48H79NO11. The molecule has 60 heavy (non-hydrogen) atoms. The minimum atomic E-state index is -2.46. The van der Waals surface area contributed by atoms with Gasteiger partial charge in [0.25, 0.3) is 11.7 Å². The van der Waals surface area contributed by atoms with E-state index in [4.69, 9.17) is 28.4 Å². The minimum Gasteiger partial charge on any atom is -0.456 e. The van der Waals surface area contributed by atoms with Gasteiger partial charge in [-0.2, -0.15) is 0 Å². The molecule has 0 aromatic carbocycles. The second-order valence-corrected chi connectivity index (χ2v) is 18.5. The third-order valence-electron chi connectivity index (χ3n) is 13.5. The number of ketones is 2. The first-order chi connectivity index (χ1) is 28.6. The molecule has 4 aliphatic rings. The van der Waals surface area contributed by atoms with E-state index in [2.05, 4.69) is 32.9 Å². The van der Waals surface area contributed by atoms with E-state index >= 15 is 0 Å². The van der Waals surface area contributed by atoms with E-state index in [1.807, 2.05) is 27.7 Å². The summed E-state index contributed by atoms with van der Waals surface area (Å²) in [6.07, 6.45) is 10.7. The van der Waals surface area contributed by atoms with Crippen LogP contribution < -0.4 is 0 Å². The summed E-state index contributed by atoms with van der Waals surface area (Å²) >= 11 is 0. The normalized spacial score (nSPS) is 37.5. The molecule has 342 valence electrons. The second kappa shape index (κ2) is 23.8. The van der Waals surface area contributed by atoms with Gasteiger partial charge >= 0.3 is 5.97 Å². The van der Waals surface area contributed by atoms with E-state index in [1.165, 1.54) is 4.90 Å². The van der Waals surface area contributed by atoms with Gasteiger partial charge in [-0.3, -0.25) is 14.4 Å². The average molecular weight is 846 g/mol. The molecule has 3 aliphatic heterocycles. The Bertz CT molecular complexity index is 1480. The Balaban J connectivity index is 1.72. The number of Topliss-reactive ketones (excluding diaryl/α,β-unsaturated/α-hetero) is 2. The molecule has 0 aromatic rings. The highest BCUT2D eigenvalue weighted by atomic mass is 16.7. The van der Waals surface area contributed by atoms with Crippen molar-refractivity contribution in [2.75, 3.05) is 34.0 Å². The van der Waals surface area contributed by atoms with Gasteiger partial charge in [0.2, 0.25) is 5.79 Å². The number of ether oxygens (including phenoxy) is 6. The number of cyclic esters (lactones) is 1. The smallest absolute Gasteiger partial charge is 0.329 e. The van der Waals surface area contributed by atoms with Crippen molar-refractivity contribution in [3.05, 3.63) is 23.3 Å². The first-order valence-electron chi connectivity index (χ1n) is 23.2. The Kier molecular flexibility index (Phi) is 19.9.